The van der Waals surface area contributed by atoms with Crippen molar-refractivity contribution in [1.29, 1.82) is 0 Å². The van der Waals surface area contributed by atoms with Crippen molar-refractivity contribution >= 4 is 11.6 Å². The fourth-order valence-corrected chi connectivity index (χ4v) is 2.43. The van der Waals surface area contributed by atoms with Crippen LogP contribution in [0.5, 0.6) is 0 Å². The minimum Gasteiger partial charge on any atom is -0.322 e. The van der Waals surface area contributed by atoms with Crippen molar-refractivity contribution < 1.29 is 0 Å². The summed E-state index contributed by atoms with van der Waals surface area (Å²) in [5, 5.41) is 0.701. The Balaban J connectivity index is 2.17. The van der Waals surface area contributed by atoms with E-state index >= 15 is 0 Å². The molecule has 0 aliphatic heterocycles. The molecule has 0 spiro atoms. The Morgan fingerprint density at radius 3 is 2.79 bits per heavy atom. The molecule has 1 heterocycles. The van der Waals surface area contributed by atoms with E-state index in [9.17, 15) is 0 Å². The molecule has 1 atom stereocenters. The molecule has 1 saturated carbocycles. The van der Waals surface area contributed by atoms with Gasteiger partial charge in [0, 0.05) is 6.20 Å². The number of halogens is 1. The van der Waals surface area contributed by atoms with Gasteiger partial charge in [-0.25, -0.2) is 0 Å². The molecule has 1 aromatic heterocycles. The summed E-state index contributed by atoms with van der Waals surface area (Å²) < 4.78 is 0. The summed E-state index contributed by atoms with van der Waals surface area (Å²) in [5.41, 5.74) is 7.02. The molecule has 1 aliphatic rings. The highest BCUT2D eigenvalue weighted by atomic mass is 35.5. The molecule has 0 radical (unpaired) electrons. The lowest BCUT2D eigenvalue weighted by Gasteiger charge is -2.18. The van der Waals surface area contributed by atoms with Gasteiger partial charge >= 0.3 is 0 Å². The highest BCUT2D eigenvalue weighted by molar-refractivity contribution is 6.31. The monoisotopic (exact) mass is 210 g/mol. The summed E-state index contributed by atoms with van der Waals surface area (Å²) in [5.74, 6) is 0.572. The van der Waals surface area contributed by atoms with Gasteiger partial charge in [-0.2, -0.15) is 0 Å². The standard InChI is InChI=1S/C11H15ClN2/c12-9-6-3-7-14-11(9)10(13)8-4-1-2-5-8/h3,6-8,10H,1-2,4-5,13H2. The van der Waals surface area contributed by atoms with Crippen LogP contribution < -0.4 is 5.73 Å². The number of hydrogen-bond donors (Lipinski definition) is 1. The fraction of sp³-hybridized carbons (Fsp3) is 0.545. The Labute approximate surface area is 89.5 Å². The highest BCUT2D eigenvalue weighted by Gasteiger charge is 2.25. The van der Waals surface area contributed by atoms with Gasteiger partial charge < -0.3 is 5.73 Å². The fourth-order valence-electron chi connectivity index (χ4n) is 2.18. The summed E-state index contributed by atoms with van der Waals surface area (Å²) in [6.45, 7) is 0. The average molecular weight is 211 g/mol. The van der Waals surface area contributed by atoms with E-state index in [2.05, 4.69) is 4.98 Å². The van der Waals surface area contributed by atoms with E-state index in [0.29, 0.717) is 10.9 Å². The van der Waals surface area contributed by atoms with Crippen LogP contribution in [0.25, 0.3) is 0 Å². The molecule has 1 aliphatic carbocycles. The lowest BCUT2D eigenvalue weighted by Crippen LogP contribution is -2.20. The molecule has 76 valence electrons. The van der Waals surface area contributed by atoms with Crippen LogP contribution >= 0.6 is 11.6 Å². The first-order chi connectivity index (χ1) is 6.79. The van der Waals surface area contributed by atoms with Gasteiger partial charge in [-0.1, -0.05) is 24.4 Å². The summed E-state index contributed by atoms with van der Waals surface area (Å²) in [6.07, 6.45) is 6.78. The van der Waals surface area contributed by atoms with E-state index in [0.717, 1.165) is 5.69 Å². The van der Waals surface area contributed by atoms with E-state index in [-0.39, 0.29) is 6.04 Å². The van der Waals surface area contributed by atoms with E-state index in [1.165, 1.54) is 25.7 Å². The van der Waals surface area contributed by atoms with E-state index in [1.54, 1.807) is 6.20 Å². The molecule has 0 saturated heterocycles. The number of rotatable bonds is 2. The minimum absolute atomic E-state index is 0.0196. The van der Waals surface area contributed by atoms with E-state index < -0.39 is 0 Å². The van der Waals surface area contributed by atoms with Crippen LogP contribution in [0.2, 0.25) is 5.02 Å². The maximum absolute atomic E-state index is 6.15. The Morgan fingerprint density at radius 2 is 2.14 bits per heavy atom. The first-order valence-electron chi connectivity index (χ1n) is 5.15. The molecule has 1 unspecified atom stereocenters. The smallest absolute Gasteiger partial charge is 0.0759 e. The molecule has 14 heavy (non-hydrogen) atoms. The van der Waals surface area contributed by atoms with Gasteiger partial charge in [0.15, 0.2) is 0 Å². The van der Waals surface area contributed by atoms with Crippen LogP contribution in [0.4, 0.5) is 0 Å². The summed E-state index contributed by atoms with van der Waals surface area (Å²) in [7, 11) is 0. The van der Waals surface area contributed by atoms with Crippen molar-refractivity contribution in [3.05, 3.63) is 29.0 Å². The van der Waals surface area contributed by atoms with Crippen LogP contribution in [0.15, 0.2) is 18.3 Å². The maximum Gasteiger partial charge on any atom is 0.0759 e. The number of pyridine rings is 1. The van der Waals surface area contributed by atoms with Crippen molar-refractivity contribution in [3.8, 4) is 0 Å². The molecular weight excluding hydrogens is 196 g/mol. The second-order valence-electron chi connectivity index (χ2n) is 3.94. The van der Waals surface area contributed by atoms with Crippen molar-refractivity contribution in [2.45, 2.75) is 31.7 Å². The zero-order chi connectivity index (χ0) is 9.97. The van der Waals surface area contributed by atoms with Gasteiger partial charge in [0.2, 0.25) is 0 Å². The van der Waals surface area contributed by atoms with Crippen LogP contribution in [0.3, 0.4) is 0 Å². The van der Waals surface area contributed by atoms with Gasteiger partial charge in [-0.3, -0.25) is 4.98 Å². The average Bonchev–Trinajstić information content (AvgIpc) is 2.70. The predicted molar refractivity (Wildman–Crippen MR) is 58.1 cm³/mol. The van der Waals surface area contributed by atoms with Crippen LogP contribution in [0.1, 0.15) is 37.4 Å². The predicted octanol–water partition coefficient (Wildman–Crippen LogP) is 2.93. The normalized spacial score (nSPS) is 19.9. The highest BCUT2D eigenvalue weighted by Crippen LogP contribution is 2.35. The van der Waals surface area contributed by atoms with Crippen molar-refractivity contribution in [3.63, 3.8) is 0 Å². The number of nitrogens with zero attached hydrogens (tertiary/aromatic N) is 1. The zero-order valence-corrected chi connectivity index (χ0v) is 8.87. The van der Waals surface area contributed by atoms with Crippen LogP contribution in [0, 0.1) is 5.92 Å². The van der Waals surface area contributed by atoms with Gasteiger partial charge in [0.25, 0.3) is 0 Å². The summed E-state index contributed by atoms with van der Waals surface area (Å²) >= 11 is 6.06. The van der Waals surface area contributed by atoms with Crippen molar-refractivity contribution in [2.75, 3.05) is 0 Å². The topological polar surface area (TPSA) is 38.9 Å². The van der Waals surface area contributed by atoms with E-state index in [1.807, 2.05) is 12.1 Å². The molecular formula is C11H15ClN2. The first-order valence-corrected chi connectivity index (χ1v) is 5.53. The first kappa shape index (κ1) is 9.94. The molecule has 0 bridgehead atoms. The third-order valence-corrected chi connectivity index (χ3v) is 3.33. The third kappa shape index (κ3) is 1.91. The molecule has 1 aromatic rings. The van der Waals surface area contributed by atoms with Crippen LogP contribution in [-0.4, -0.2) is 4.98 Å². The minimum atomic E-state index is 0.0196. The third-order valence-electron chi connectivity index (χ3n) is 3.01. The SMILES string of the molecule is NC(c1ncccc1Cl)C1CCCC1. The molecule has 2 nitrogen and oxygen atoms in total. The van der Waals surface area contributed by atoms with Crippen molar-refractivity contribution in [2.24, 2.45) is 11.7 Å². The number of nitrogens with two attached hydrogens (primary N) is 1. The quantitative estimate of drug-likeness (QED) is 0.815. The van der Waals surface area contributed by atoms with Crippen molar-refractivity contribution in [1.82, 2.24) is 4.98 Å². The molecule has 1 fully saturated rings. The number of hydrogen-bond acceptors (Lipinski definition) is 2. The Kier molecular flexibility index (Phi) is 3.04. The lowest BCUT2D eigenvalue weighted by atomic mass is 9.96. The van der Waals surface area contributed by atoms with Gasteiger partial charge in [0.1, 0.15) is 0 Å². The summed E-state index contributed by atoms with van der Waals surface area (Å²) in [4.78, 5) is 4.27. The second kappa shape index (κ2) is 4.28. The zero-order valence-electron chi connectivity index (χ0n) is 8.12. The van der Waals surface area contributed by atoms with Gasteiger partial charge in [0.05, 0.1) is 16.8 Å². The molecule has 2 N–H and O–H groups in total. The van der Waals surface area contributed by atoms with E-state index in [4.69, 9.17) is 17.3 Å². The Morgan fingerprint density at radius 1 is 1.43 bits per heavy atom. The van der Waals surface area contributed by atoms with Crippen LogP contribution in [-0.2, 0) is 0 Å². The molecule has 0 aromatic carbocycles. The van der Waals surface area contributed by atoms with Gasteiger partial charge in [-0.05, 0) is 30.9 Å². The lowest BCUT2D eigenvalue weighted by molar-refractivity contribution is 0.437. The Hall–Kier alpha value is -0.600. The largest absolute Gasteiger partial charge is 0.322 e. The molecule has 0 amide bonds. The maximum atomic E-state index is 6.15. The molecule has 3 heteroatoms. The number of aromatic nitrogens is 1. The van der Waals surface area contributed by atoms with Gasteiger partial charge in [-0.15, -0.1) is 0 Å². The Bertz CT molecular complexity index is 308. The second-order valence-corrected chi connectivity index (χ2v) is 4.35. The molecule has 2 rings (SSSR count). The summed E-state index contributed by atoms with van der Waals surface area (Å²) in [6, 6.07) is 3.72.